The van der Waals surface area contributed by atoms with Crippen molar-refractivity contribution in [1.82, 2.24) is 14.5 Å². The van der Waals surface area contributed by atoms with Crippen LogP contribution in [0.3, 0.4) is 0 Å². The van der Waals surface area contributed by atoms with Crippen molar-refractivity contribution in [2.24, 2.45) is 7.05 Å². The van der Waals surface area contributed by atoms with E-state index in [1.54, 1.807) is 18.3 Å². The van der Waals surface area contributed by atoms with Gasteiger partial charge < -0.3 is 0 Å². The molecule has 3 rings (SSSR count). The van der Waals surface area contributed by atoms with Crippen LogP contribution < -0.4 is 4.72 Å². The number of aryl methyl sites for hydroxylation is 3. The second-order valence-corrected chi connectivity index (χ2v) is 7.70. The van der Waals surface area contributed by atoms with Crippen LogP contribution in [0.5, 0.6) is 0 Å². The predicted molar refractivity (Wildman–Crippen MR) is 85.1 cm³/mol. The van der Waals surface area contributed by atoms with Crippen molar-refractivity contribution >= 4 is 10.0 Å². The number of fused-ring (bicyclic) bond motifs is 1. The average molecular weight is 319 g/mol. The number of nitrogens with one attached hydrogen (secondary N) is 1. The van der Waals surface area contributed by atoms with E-state index in [2.05, 4.69) is 9.82 Å². The van der Waals surface area contributed by atoms with Crippen molar-refractivity contribution in [3.63, 3.8) is 0 Å². The summed E-state index contributed by atoms with van der Waals surface area (Å²) in [6.07, 6.45) is 4.51. The van der Waals surface area contributed by atoms with Gasteiger partial charge in [-0.25, -0.2) is 13.1 Å². The van der Waals surface area contributed by atoms with Crippen molar-refractivity contribution in [2.45, 2.75) is 44.0 Å². The van der Waals surface area contributed by atoms with Gasteiger partial charge in [-0.15, -0.1) is 0 Å². The number of aromatic nitrogens is 2. The van der Waals surface area contributed by atoms with Crippen LogP contribution in [-0.4, -0.2) is 18.2 Å². The molecule has 0 saturated carbocycles. The Bertz CT molecular complexity index is 809. The number of benzene rings is 1. The smallest absolute Gasteiger partial charge is 0.241 e. The molecule has 1 aliphatic carbocycles. The summed E-state index contributed by atoms with van der Waals surface area (Å²) in [7, 11) is -1.62. The molecule has 0 aliphatic heterocycles. The molecule has 2 aromatic rings. The van der Waals surface area contributed by atoms with Gasteiger partial charge in [0, 0.05) is 18.3 Å². The minimum atomic E-state index is -3.52. The Morgan fingerprint density at radius 1 is 1.27 bits per heavy atom. The number of sulfonamides is 1. The second-order valence-electron chi connectivity index (χ2n) is 5.98. The molecule has 0 amide bonds. The van der Waals surface area contributed by atoms with E-state index in [1.165, 1.54) is 0 Å². The van der Waals surface area contributed by atoms with Gasteiger partial charge in [-0.2, -0.15) is 5.10 Å². The number of hydrogen-bond acceptors (Lipinski definition) is 3. The molecule has 1 N–H and O–H groups in total. The fourth-order valence-corrected chi connectivity index (χ4v) is 4.30. The lowest BCUT2D eigenvalue weighted by Gasteiger charge is -2.23. The van der Waals surface area contributed by atoms with Gasteiger partial charge >= 0.3 is 0 Å². The Kier molecular flexibility index (Phi) is 3.82. The molecule has 0 spiro atoms. The topological polar surface area (TPSA) is 64.0 Å². The number of nitrogens with zero attached hydrogens (tertiary/aromatic N) is 2. The number of hydrogen-bond donors (Lipinski definition) is 1. The third-order valence-electron chi connectivity index (χ3n) is 4.46. The summed E-state index contributed by atoms with van der Waals surface area (Å²) in [5.41, 5.74) is 4.19. The molecule has 0 fully saturated rings. The lowest BCUT2D eigenvalue weighted by Crippen LogP contribution is -2.31. The van der Waals surface area contributed by atoms with Gasteiger partial charge in [0.25, 0.3) is 0 Å². The van der Waals surface area contributed by atoms with Crippen LogP contribution in [0.25, 0.3) is 0 Å². The summed E-state index contributed by atoms with van der Waals surface area (Å²) >= 11 is 0. The molecular formula is C16H21N3O2S. The van der Waals surface area contributed by atoms with Crippen molar-refractivity contribution in [3.8, 4) is 0 Å². The molecule has 1 aliphatic rings. The zero-order valence-electron chi connectivity index (χ0n) is 13.1. The first kappa shape index (κ1) is 15.2. The Morgan fingerprint density at radius 3 is 2.77 bits per heavy atom. The summed E-state index contributed by atoms with van der Waals surface area (Å²) in [6, 6.07) is 5.05. The van der Waals surface area contributed by atoms with E-state index in [1.807, 2.05) is 31.6 Å². The molecular weight excluding hydrogens is 298 g/mol. The van der Waals surface area contributed by atoms with E-state index in [4.69, 9.17) is 0 Å². The van der Waals surface area contributed by atoms with Crippen LogP contribution in [0.4, 0.5) is 0 Å². The molecule has 0 saturated heterocycles. The van der Waals surface area contributed by atoms with Crippen LogP contribution in [0, 0.1) is 13.8 Å². The summed E-state index contributed by atoms with van der Waals surface area (Å²) in [5.74, 6) is 0. The van der Waals surface area contributed by atoms with E-state index in [0.29, 0.717) is 4.90 Å². The zero-order valence-corrected chi connectivity index (χ0v) is 13.9. The van der Waals surface area contributed by atoms with Gasteiger partial charge in [0.15, 0.2) is 0 Å². The van der Waals surface area contributed by atoms with E-state index in [9.17, 15) is 8.42 Å². The molecule has 1 unspecified atom stereocenters. The van der Waals surface area contributed by atoms with Gasteiger partial charge in [-0.1, -0.05) is 6.07 Å². The largest absolute Gasteiger partial charge is 0.272 e. The molecule has 1 atom stereocenters. The quantitative estimate of drug-likeness (QED) is 0.945. The highest BCUT2D eigenvalue weighted by Gasteiger charge is 2.28. The fraction of sp³-hybridized carbons (Fsp3) is 0.438. The van der Waals surface area contributed by atoms with E-state index < -0.39 is 10.0 Å². The predicted octanol–water partition coefficient (Wildman–Crippen LogP) is 2.39. The average Bonchev–Trinajstić information content (AvgIpc) is 2.84. The monoisotopic (exact) mass is 319 g/mol. The van der Waals surface area contributed by atoms with E-state index in [-0.39, 0.29) is 6.04 Å². The maximum absolute atomic E-state index is 12.6. The van der Waals surface area contributed by atoms with Gasteiger partial charge in [-0.3, -0.25) is 4.68 Å². The molecule has 22 heavy (non-hydrogen) atoms. The Balaban J connectivity index is 1.90. The molecule has 1 aromatic heterocycles. The maximum Gasteiger partial charge on any atom is 0.241 e. The van der Waals surface area contributed by atoms with Gasteiger partial charge in [0.2, 0.25) is 10.0 Å². The molecule has 5 nitrogen and oxygen atoms in total. The van der Waals surface area contributed by atoms with E-state index in [0.717, 1.165) is 41.6 Å². The van der Waals surface area contributed by atoms with Crippen molar-refractivity contribution in [3.05, 3.63) is 46.8 Å². The van der Waals surface area contributed by atoms with Crippen LogP contribution in [-0.2, 0) is 23.5 Å². The lowest BCUT2D eigenvalue weighted by molar-refractivity contribution is 0.498. The molecule has 0 bridgehead atoms. The summed E-state index contributed by atoms with van der Waals surface area (Å²) in [5, 5.41) is 4.26. The van der Waals surface area contributed by atoms with E-state index >= 15 is 0 Å². The normalized spacial score (nSPS) is 18.2. The first-order valence-electron chi connectivity index (χ1n) is 7.49. The summed E-state index contributed by atoms with van der Waals surface area (Å²) in [4.78, 5) is 0.326. The SMILES string of the molecule is Cc1ccc(S(=O)(=O)NC2CCCc3c2cnn3C)cc1C. The maximum atomic E-state index is 12.6. The van der Waals surface area contributed by atoms with Crippen molar-refractivity contribution in [1.29, 1.82) is 0 Å². The number of rotatable bonds is 3. The fourth-order valence-electron chi connectivity index (χ4n) is 2.97. The third-order valence-corrected chi connectivity index (χ3v) is 5.93. The lowest BCUT2D eigenvalue weighted by atomic mass is 9.94. The van der Waals surface area contributed by atoms with Crippen LogP contribution in [0.2, 0.25) is 0 Å². The summed E-state index contributed by atoms with van der Waals surface area (Å²) < 4.78 is 30.0. The molecule has 0 radical (unpaired) electrons. The van der Waals surface area contributed by atoms with Crippen molar-refractivity contribution in [2.75, 3.05) is 0 Å². The molecule has 6 heteroatoms. The van der Waals surface area contributed by atoms with Crippen molar-refractivity contribution < 1.29 is 8.42 Å². The Morgan fingerprint density at radius 2 is 2.05 bits per heavy atom. The first-order valence-corrected chi connectivity index (χ1v) is 8.97. The Hall–Kier alpha value is -1.66. The van der Waals surface area contributed by atoms with Gasteiger partial charge in [0.05, 0.1) is 17.1 Å². The molecule has 1 aromatic carbocycles. The summed E-state index contributed by atoms with van der Waals surface area (Å²) in [6.45, 7) is 3.90. The molecule has 1 heterocycles. The van der Waals surface area contributed by atoms with Crippen LogP contribution in [0.15, 0.2) is 29.3 Å². The highest BCUT2D eigenvalue weighted by Crippen LogP contribution is 2.30. The minimum Gasteiger partial charge on any atom is -0.272 e. The first-order chi connectivity index (χ1) is 10.4. The van der Waals surface area contributed by atoms with Crippen LogP contribution >= 0.6 is 0 Å². The minimum absolute atomic E-state index is 0.191. The highest BCUT2D eigenvalue weighted by molar-refractivity contribution is 7.89. The highest BCUT2D eigenvalue weighted by atomic mass is 32.2. The third kappa shape index (κ3) is 2.68. The second kappa shape index (κ2) is 5.52. The standard InChI is InChI=1S/C16H21N3O2S/c1-11-7-8-13(9-12(11)2)22(20,21)18-15-5-4-6-16-14(15)10-17-19(16)3/h7-10,15,18H,4-6H2,1-3H3. The Labute approximate surface area is 131 Å². The zero-order chi connectivity index (χ0) is 15.9. The van der Waals surface area contributed by atoms with Gasteiger partial charge in [0.1, 0.15) is 0 Å². The van der Waals surface area contributed by atoms with Gasteiger partial charge in [-0.05, 0) is 56.4 Å². The molecule has 118 valence electrons. The van der Waals surface area contributed by atoms with Crippen LogP contribution in [0.1, 0.15) is 41.3 Å².